The van der Waals surface area contributed by atoms with E-state index in [0.29, 0.717) is 5.95 Å². The van der Waals surface area contributed by atoms with E-state index in [-0.39, 0.29) is 18.0 Å². The SMILES string of the molecule is Cc1ccnc(NCCNS(=O)(=O)c2ccccc2[N+](=O)[O-])n1. The van der Waals surface area contributed by atoms with E-state index in [4.69, 9.17) is 0 Å². The molecule has 122 valence electrons. The van der Waals surface area contributed by atoms with Crippen LogP contribution in [0, 0.1) is 17.0 Å². The van der Waals surface area contributed by atoms with E-state index in [1.54, 1.807) is 12.3 Å². The molecule has 0 aliphatic carbocycles. The van der Waals surface area contributed by atoms with Crippen LogP contribution in [0.1, 0.15) is 5.69 Å². The van der Waals surface area contributed by atoms with Crippen molar-refractivity contribution in [2.45, 2.75) is 11.8 Å². The summed E-state index contributed by atoms with van der Waals surface area (Å²) in [7, 11) is -3.97. The summed E-state index contributed by atoms with van der Waals surface area (Å²) in [4.78, 5) is 17.9. The quantitative estimate of drug-likeness (QED) is 0.439. The largest absolute Gasteiger partial charge is 0.353 e. The van der Waals surface area contributed by atoms with E-state index in [2.05, 4.69) is 20.0 Å². The van der Waals surface area contributed by atoms with Crippen LogP contribution >= 0.6 is 0 Å². The molecule has 2 aromatic rings. The Balaban J connectivity index is 1.98. The number of hydrogen-bond donors (Lipinski definition) is 2. The molecule has 0 spiro atoms. The predicted octanol–water partition coefficient (Wildman–Crippen LogP) is 1.08. The first-order valence-electron chi connectivity index (χ1n) is 6.67. The summed E-state index contributed by atoms with van der Waals surface area (Å²) in [5.41, 5.74) is 0.318. The van der Waals surface area contributed by atoms with E-state index >= 15 is 0 Å². The molecule has 1 aromatic heterocycles. The minimum absolute atomic E-state index is 0.0334. The number of para-hydroxylation sites is 1. The van der Waals surface area contributed by atoms with E-state index in [1.165, 1.54) is 18.2 Å². The van der Waals surface area contributed by atoms with Gasteiger partial charge in [0.2, 0.25) is 16.0 Å². The molecule has 23 heavy (non-hydrogen) atoms. The third-order valence-electron chi connectivity index (χ3n) is 2.85. The Kier molecular flexibility index (Phi) is 5.19. The van der Waals surface area contributed by atoms with Crippen LogP contribution in [0.15, 0.2) is 41.4 Å². The van der Waals surface area contributed by atoms with Gasteiger partial charge < -0.3 is 5.32 Å². The maximum atomic E-state index is 12.1. The number of aromatic nitrogens is 2. The van der Waals surface area contributed by atoms with Gasteiger partial charge in [-0.05, 0) is 19.1 Å². The van der Waals surface area contributed by atoms with Gasteiger partial charge in [-0.3, -0.25) is 10.1 Å². The van der Waals surface area contributed by atoms with E-state index in [1.807, 2.05) is 6.92 Å². The van der Waals surface area contributed by atoms with Gasteiger partial charge in [0.1, 0.15) is 0 Å². The van der Waals surface area contributed by atoms with Crippen LogP contribution in [0.25, 0.3) is 0 Å². The summed E-state index contributed by atoms with van der Waals surface area (Å²) in [5, 5.41) is 13.8. The van der Waals surface area contributed by atoms with E-state index < -0.39 is 20.6 Å². The fourth-order valence-corrected chi connectivity index (χ4v) is 3.01. The number of nitro benzene ring substituents is 1. The number of rotatable bonds is 7. The number of nitrogens with one attached hydrogen (secondary N) is 2. The minimum atomic E-state index is -3.97. The fraction of sp³-hybridized carbons (Fsp3) is 0.231. The highest BCUT2D eigenvalue weighted by molar-refractivity contribution is 7.89. The lowest BCUT2D eigenvalue weighted by atomic mass is 10.3. The Bertz CT molecular complexity index is 810. The van der Waals surface area contributed by atoms with Gasteiger partial charge in [-0.1, -0.05) is 12.1 Å². The lowest BCUT2D eigenvalue weighted by Crippen LogP contribution is -2.29. The summed E-state index contributed by atoms with van der Waals surface area (Å²) < 4.78 is 26.6. The molecule has 1 aromatic carbocycles. The predicted molar refractivity (Wildman–Crippen MR) is 83.5 cm³/mol. The highest BCUT2D eigenvalue weighted by atomic mass is 32.2. The van der Waals surface area contributed by atoms with Crippen molar-refractivity contribution in [3.05, 3.63) is 52.3 Å². The Morgan fingerprint density at radius 1 is 1.22 bits per heavy atom. The Morgan fingerprint density at radius 3 is 2.65 bits per heavy atom. The van der Waals surface area contributed by atoms with E-state index in [9.17, 15) is 18.5 Å². The zero-order valence-corrected chi connectivity index (χ0v) is 13.1. The van der Waals surface area contributed by atoms with Gasteiger partial charge in [-0.25, -0.2) is 23.1 Å². The summed E-state index contributed by atoms with van der Waals surface area (Å²) in [5.74, 6) is 0.384. The molecule has 0 saturated carbocycles. The molecule has 0 amide bonds. The van der Waals surface area contributed by atoms with Crippen molar-refractivity contribution in [1.29, 1.82) is 0 Å². The Labute approximate surface area is 133 Å². The minimum Gasteiger partial charge on any atom is -0.353 e. The van der Waals surface area contributed by atoms with Gasteiger partial charge in [0, 0.05) is 31.0 Å². The molecule has 2 N–H and O–H groups in total. The first-order valence-corrected chi connectivity index (χ1v) is 8.15. The Morgan fingerprint density at radius 2 is 1.96 bits per heavy atom. The normalized spacial score (nSPS) is 11.2. The topological polar surface area (TPSA) is 127 Å². The second-order valence-electron chi connectivity index (χ2n) is 4.57. The van der Waals surface area contributed by atoms with Crippen LogP contribution in [0.4, 0.5) is 11.6 Å². The van der Waals surface area contributed by atoms with Crippen molar-refractivity contribution in [1.82, 2.24) is 14.7 Å². The van der Waals surface area contributed by atoms with Crippen molar-refractivity contribution in [2.24, 2.45) is 0 Å². The zero-order chi connectivity index (χ0) is 16.9. The number of sulfonamides is 1. The molecule has 0 aliphatic rings. The first-order chi connectivity index (χ1) is 10.9. The van der Waals surface area contributed by atoms with Crippen LogP contribution in [-0.4, -0.2) is 36.4 Å². The zero-order valence-electron chi connectivity index (χ0n) is 12.3. The molecular formula is C13H15N5O4S. The molecule has 0 atom stereocenters. The van der Waals surface area contributed by atoms with Crippen LogP contribution in [0.3, 0.4) is 0 Å². The second kappa shape index (κ2) is 7.11. The molecule has 0 aliphatic heterocycles. The third kappa shape index (κ3) is 4.44. The van der Waals surface area contributed by atoms with Gasteiger partial charge in [-0.2, -0.15) is 0 Å². The van der Waals surface area contributed by atoms with Crippen molar-refractivity contribution in [3.63, 3.8) is 0 Å². The van der Waals surface area contributed by atoms with Crippen LogP contribution in [0.5, 0.6) is 0 Å². The van der Waals surface area contributed by atoms with Crippen molar-refractivity contribution in [2.75, 3.05) is 18.4 Å². The molecule has 0 unspecified atom stereocenters. The Hall–Kier alpha value is -2.59. The second-order valence-corrected chi connectivity index (χ2v) is 6.31. The number of nitro groups is 1. The molecule has 9 nitrogen and oxygen atoms in total. The average Bonchev–Trinajstić information content (AvgIpc) is 2.52. The number of hydrogen-bond acceptors (Lipinski definition) is 7. The summed E-state index contributed by atoms with van der Waals surface area (Å²) in [6, 6.07) is 6.92. The standard InChI is InChI=1S/C13H15N5O4S/c1-10-6-7-14-13(17-10)15-8-9-16-23(21,22)12-5-3-2-4-11(12)18(19)20/h2-7,16H,8-9H2,1H3,(H,14,15,17). The number of anilines is 1. The molecular weight excluding hydrogens is 322 g/mol. The van der Waals surface area contributed by atoms with Gasteiger partial charge in [-0.15, -0.1) is 0 Å². The fourth-order valence-electron chi connectivity index (χ4n) is 1.81. The molecule has 0 bridgehead atoms. The van der Waals surface area contributed by atoms with Gasteiger partial charge in [0.05, 0.1) is 4.92 Å². The summed E-state index contributed by atoms with van der Waals surface area (Å²) in [6.45, 7) is 2.08. The van der Waals surface area contributed by atoms with E-state index in [0.717, 1.165) is 11.8 Å². The van der Waals surface area contributed by atoms with Gasteiger partial charge >= 0.3 is 0 Å². The number of aryl methyl sites for hydroxylation is 1. The maximum absolute atomic E-state index is 12.1. The molecule has 0 saturated heterocycles. The lowest BCUT2D eigenvalue weighted by Gasteiger charge is -2.08. The highest BCUT2D eigenvalue weighted by Gasteiger charge is 2.24. The monoisotopic (exact) mass is 337 g/mol. The van der Waals surface area contributed by atoms with Crippen LogP contribution < -0.4 is 10.0 Å². The lowest BCUT2D eigenvalue weighted by molar-refractivity contribution is -0.387. The van der Waals surface area contributed by atoms with Crippen LogP contribution in [-0.2, 0) is 10.0 Å². The molecule has 2 rings (SSSR count). The smallest absolute Gasteiger partial charge is 0.289 e. The third-order valence-corrected chi connectivity index (χ3v) is 4.35. The number of benzene rings is 1. The molecule has 0 radical (unpaired) electrons. The molecule has 10 heteroatoms. The van der Waals surface area contributed by atoms with Crippen molar-refractivity contribution in [3.8, 4) is 0 Å². The molecule has 0 fully saturated rings. The molecule has 1 heterocycles. The summed E-state index contributed by atoms with van der Waals surface area (Å²) >= 11 is 0. The van der Waals surface area contributed by atoms with Crippen LogP contribution in [0.2, 0.25) is 0 Å². The maximum Gasteiger partial charge on any atom is 0.289 e. The first kappa shape index (κ1) is 16.8. The van der Waals surface area contributed by atoms with Gasteiger partial charge in [0.25, 0.3) is 5.69 Å². The highest BCUT2D eigenvalue weighted by Crippen LogP contribution is 2.22. The van der Waals surface area contributed by atoms with Crippen molar-refractivity contribution < 1.29 is 13.3 Å². The number of nitrogens with zero attached hydrogens (tertiary/aromatic N) is 3. The average molecular weight is 337 g/mol. The van der Waals surface area contributed by atoms with Gasteiger partial charge in [0.15, 0.2) is 4.90 Å². The summed E-state index contributed by atoms with van der Waals surface area (Å²) in [6.07, 6.45) is 1.59. The van der Waals surface area contributed by atoms with Crippen molar-refractivity contribution >= 4 is 21.7 Å².